The number of hydrogen-bond acceptors (Lipinski definition) is 2. The molecule has 3 heteroatoms. The molecule has 0 aliphatic carbocycles. The van der Waals surface area contributed by atoms with Gasteiger partial charge in [-0.1, -0.05) is 36.4 Å². The Morgan fingerprint density at radius 3 is 3.00 bits per heavy atom. The number of esters is 1. The predicted octanol–water partition coefficient (Wildman–Crippen LogP) is 3.04. The number of carbonyl (C=O) groups is 1. The smallest absolute Gasteiger partial charge is 0.309 e. The summed E-state index contributed by atoms with van der Waals surface area (Å²) in [6.07, 6.45) is 5.18. The molecule has 0 heterocycles. The predicted molar refractivity (Wildman–Crippen MR) is 66.5 cm³/mol. The molecule has 0 unspecified atom stereocenters. The first-order valence-corrected chi connectivity index (χ1v) is 5.68. The van der Waals surface area contributed by atoms with Gasteiger partial charge in [0.05, 0.1) is 13.5 Å². The fourth-order valence-corrected chi connectivity index (χ4v) is 1.45. The van der Waals surface area contributed by atoms with Crippen molar-refractivity contribution >= 4 is 23.6 Å². The molecule has 0 saturated heterocycles. The van der Waals surface area contributed by atoms with Gasteiger partial charge in [0.15, 0.2) is 0 Å². The summed E-state index contributed by atoms with van der Waals surface area (Å²) in [5, 5.41) is 0. The number of halogens is 1. The minimum absolute atomic E-state index is 0.220. The van der Waals surface area contributed by atoms with Crippen molar-refractivity contribution in [2.45, 2.75) is 12.8 Å². The van der Waals surface area contributed by atoms with E-state index in [0.29, 0.717) is 12.3 Å². The third kappa shape index (κ3) is 4.49. The van der Waals surface area contributed by atoms with Crippen LogP contribution in [-0.2, 0) is 16.0 Å². The molecule has 0 aromatic heterocycles. The zero-order chi connectivity index (χ0) is 11.8. The summed E-state index contributed by atoms with van der Waals surface area (Å²) in [4.78, 5) is 11.1. The number of methoxy groups -OCH3 is 1. The van der Waals surface area contributed by atoms with Crippen molar-refractivity contribution in [3.8, 4) is 0 Å². The molecule has 86 valence electrons. The Kier molecular flexibility index (Phi) is 5.65. The average Bonchev–Trinajstić information content (AvgIpc) is 2.30. The Bertz CT molecular complexity index is 372. The van der Waals surface area contributed by atoms with Gasteiger partial charge < -0.3 is 4.74 Å². The third-order valence-electron chi connectivity index (χ3n) is 2.11. The third-order valence-corrected chi connectivity index (χ3v) is 2.33. The Hall–Kier alpha value is -1.28. The van der Waals surface area contributed by atoms with Crippen LogP contribution in [0, 0.1) is 0 Å². The van der Waals surface area contributed by atoms with Crippen molar-refractivity contribution in [3.05, 3.63) is 41.5 Å². The van der Waals surface area contributed by atoms with Gasteiger partial charge in [0.2, 0.25) is 0 Å². The van der Waals surface area contributed by atoms with Crippen LogP contribution in [0.5, 0.6) is 0 Å². The molecule has 16 heavy (non-hydrogen) atoms. The zero-order valence-corrected chi connectivity index (χ0v) is 10.0. The number of benzene rings is 1. The highest BCUT2D eigenvalue weighted by molar-refractivity contribution is 6.17. The number of carbonyl (C=O) groups excluding carboxylic acids is 1. The van der Waals surface area contributed by atoms with Gasteiger partial charge >= 0.3 is 5.97 Å². The quantitative estimate of drug-likeness (QED) is 0.582. The van der Waals surface area contributed by atoms with E-state index in [1.165, 1.54) is 7.11 Å². The van der Waals surface area contributed by atoms with Crippen molar-refractivity contribution in [2.75, 3.05) is 13.0 Å². The van der Waals surface area contributed by atoms with E-state index in [0.717, 1.165) is 17.5 Å². The Balaban J connectivity index is 2.67. The van der Waals surface area contributed by atoms with Crippen LogP contribution in [0.15, 0.2) is 30.3 Å². The van der Waals surface area contributed by atoms with Crippen molar-refractivity contribution < 1.29 is 9.53 Å². The molecule has 0 aliphatic rings. The maximum Gasteiger partial charge on any atom is 0.309 e. The number of hydrogen-bond donors (Lipinski definition) is 0. The first-order valence-electron chi connectivity index (χ1n) is 5.14. The number of ether oxygens (including phenoxy) is 1. The minimum atomic E-state index is -0.220. The van der Waals surface area contributed by atoms with Crippen LogP contribution in [0.1, 0.15) is 17.5 Å². The lowest BCUT2D eigenvalue weighted by Gasteiger charge is -2.01. The highest BCUT2D eigenvalue weighted by Gasteiger charge is 2.02. The van der Waals surface area contributed by atoms with E-state index in [1.54, 1.807) is 0 Å². The standard InChI is InChI=1S/C13H15ClO2/c1-16-13(15)10-12-7-4-6-11(9-12)5-2-3-8-14/h2,4-7,9H,3,8,10H2,1H3. The van der Waals surface area contributed by atoms with Crippen LogP contribution >= 0.6 is 11.6 Å². The summed E-state index contributed by atoms with van der Waals surface area (Å²) in [6, 6.07) is 7.81. The molecular weight excluding hydrogens is 224 g/mol. The molecule has 1 rings (SSSR count). The molecule has 0 amide bonds. The van der Waals surface area contributed by atoms with Gasteiger partial charge in [-0.05, 0) is 17.5 Å². The summed E-state index contributed by atoms with van der Waals surface area (Å²) in [6.45, 7) is 0. The number of rotatable bonds is 5. The molecule has 0 radical (unpaired) electrons. The van der Waals surface area contributed by atoms with E-state index in [4.69, 9.17) is 11.6 Å². The van der Waals surface area contributed by atoms with E-state index < -0.39 is 0 Å². The summed E-state index contributed by atoms with van der Waals surface area (Å²) in [5.41, 5.74) is 2.03. The fraction of sp³-hybridized carbons (Fsp3) is 0.308. The Labute approximate surface area is 101 Å². The lowest BCUT2D eigenvalue weighted by Crippen LogP contribution is -2.04. The van der Waals surface area contributed by atoms with Crippen LogP contribution in [-0.4, -0.2) is 19.0 Å². The van der Waals surface area contributed by atoms with Gasteiger partial charge in [-0.3, -0.25) is 4.79 Å². The zero-order valence-electron chi connectivity index (χ0n) is 9.28. The molecule has 0 spiro atoms. The molecular formula is C13H15ClO2. The lowest BCUT2D eigenvalue weighted by molar-refractivity contribution is -0.139. The summed E-state index contributed by atoms with van der Waals surface area (Å²) >= 11 is 5.57. The molecule has 1 aromatic rings. The largest absolute Gasteiger partial charge is 0.469 e. The van der Waals surface area contributed by atoms with E-state index in [1.807, 2.05) is 36.4 Å². The molecule has 0 saturated carbocycles. The lowest BCUT2D eigenvalue weighted by atomic mass is 10.1. The highest BCUT2D eigenvalue weighted by Crippen LogP contribution is 2.09. The van der Waals surface area contributed by atoms with E-state index in [2.05, 4.69) is 4.74 Å². The second-order valence-electron chi connectivity index (χ2n) is 3.38. The van der Waals surface area contributed by atoms with Gasteiger partial charge in [0, 0.05) is 5.88 Å². The molecule has 0 N–H and O–H groups in total. The van der Waals surface area contributed by atoms with Gasteiger partial charge in [-0.15, -0.1) is 11.6 Å². The van der Waals surface area contributed by atoms with Crippen molar-refractivity contribution in [1.82, 2.24) is 0 Å². The number of alkyl halides is 1. The molecule has 0 fully saturated rings. The van der Waals surface area contributed by atoms with Gasteiger partial charge in [-0.2, -0.15) is 0 Å². The first kappa shape index (κ1) is 12.8. The van der Waals surface area contributed by atoms with E-state index >= 15 is 0 Å². The Morgan fingerprint density at radius 1 is 1.50 bits per heavy atom. The van der Waals surface area contributed by atoms with Crippen LogP contribution < -0.4 is 0 Å². The number of allylic oxidation sites excluding steroid dienone is 1. The topological polar surface area (TPSA) is 26.3 Å². The first-order chi connectivity index (χ1) is 7.76. The summed E-state index contributed by atoms with van der Waals surface area (Å²) < 4.78 is 4.62. The van der Waals surface area contributed by atoms with E-state index in [9.17, 15) is 4.79 Å². The maximum absolute atomic E-state index is 11.1. The highest BCUT2D eigenvalue weighted by atomic mass is 35.5. The molecule has 1 aromatic carbocycles. The van der Waals surface area contributed by atoms with Gasteiger partial charge in [0.1, 0.15) is 0 Å². The summed E-state index contributed by atoms with van der Waals surface area (Å²) in [7, 11) is 1.40. The molecule has 0 bridgehead atoms. The fourth-order valence-electron chi connectivity index (χ4n) is 1.33. The SMILES string of the molecule is COC(=O)Cc1cccc(C=CCCCl)c1. The minimum Gasteiger partial charge on any atom is -0.469 e. The normalized spacial score (nSPS) is 10.6. The molecule has 2 nitrogen and oxygen atoms in total. The van der Waals surface area contributed by atoms with Crippen LogP contribution in [0.25, 0.3) is 6.08 Å². The van der Waals surface area contributed by atoms with Crippen LogP contribution in [0.2, 0.25) is 0 Å². The molecule has 0 aliphatic heterocycles. The monoisotopic (exact) mass is 238 g/mol. The second kappa shape index (κ2) is 7.07. The van der Waals surface area contributed by atoms with Gasteiger partial charge in [-0.25, -0.2) is 0 Å². The van der Waals surface area contributed by atoms with Gasteiger partial charge in [0.25, 0.3) is 0 Å². The summed E-state index contributed by atoms with van der Waals surface area (Å²) in [5.74, 6) is 0.403. The van der Waals surface area contributed by atoms with E-state index in [-0.39, 0.29) is 5.97 Å². The second-order valence-corrected chi connectivity index (χ2v) is 3.76. The van der Waals surface area contributed by atoms with Crippen molar-refractivity contribution in [2.24, 2.45) is 0 Å². The van der Waals surface area contributed by atoms with Crippen molar-refractivity contribution in [3.63, 3.8) is 0 Å². The average molecular weight is 239 g/mol. The Morgan fingerprint density at radius 2 is 2.31 bits per heavy atom. The maximum atomic E-state index is 11.1. The van der Waals surface area contributed by atoms with Crippen LogP contribution in [0.4, 0.5) is 0 Å². The van der Waals surface area contributed by atoms with Crippen molar-refractivity contribution in [1.29, 1.82) is 0 Å². The molecule has 0 atom stereocenters. The van der Waals surface area contributed by atoms with Crippen LogP contribution in [0.3, 0.4) is 0 Å².